The highest BCUT2D eigenvalue weighted by atomic mass is 16.2. The van der Waals surface area contributed by atoms with Crippen molar-refractivity contribution in [1.82, 2.24) is 0 Å². The number of hydrogen-bond acceptors (Lipinski definition) is 1. The van der Waals surface area contributed by atoms with E-state index in [1.165, 1.54) is 0 Å². The lowest BCUT2D eigenvalue weighted by Gasteiger charge is -2.10. The van der Waals surface area contributed by atoms with Crippen LogP contribution in [-0.4, -0.2) is 11.7 Å². The maximum Gasteiger partial charge on any atom is 0.0431 e. The van der Waals surface area contributed by atoms with Crippen LogP contribution in [-0.2, 0) is 0 Å². The lowest BCUT2D eigenvalue weighted by atomic mass is 9.95. The molecule has 0 aliphatic heterocycles. The summed E-state index contributed by atoms with van der Waals surface area (Å²) >= 11 is 0. The molecule has 0 aliphatic carbocycles. The number of rotatable bonds is 7. The molecule has 1 heteroatoms. The van der Waals surface area contributed by atoms with Crippen LogP contribution in [0.3, 0.4) is 0 Å². The second kappa shape index (κ2) is 8.36. The zero-order chi connectivity index (χ0) is 9.23. The SMILES string of the molecule is C#CCC(CC=C)CCCCO. The summed E-state index contributed by atoms with van der Waals surface area (Å²) in [5.74, 6) is 3.24. The van der Waals surface area contributed by atoms with Crippen LogP contribution in [0.2, 0.25) is 0 Å². The Hall–Kier alpha value is -0.740. The predicted molar refractivity (Wildman–Crippen MR) is 52.7 cm³/mol. The van der Waals surface area contributed by atoms with E-state index in [0.29, 0.717) is 5.92 Å². The highest BCUT2D eigenvalue weighted by Gasteiger charge is 2.03. The summed E-state index contributed by atoms with van der Waals surface area (Å²) < 4.78 is 0. The number of aliphatic hydroxyl groups is 1. The Morgan fingerprint density at radius 2 is 2.25 bits per heavy atom. The van der Waals surface area contributed by atoms with Crippen molar-refractivity contribution >= 4 is 0 Å². The molecule has 0 bridgehead atoms. The molecule has 1 nitrogen and oxygen atoms in total. The predicted octanol–water partition coefficient (Wildman–Crippen LogP) is 2.36. The third kappa shape index (κ3) is 6.00. The normalized spacial score (nSPS) is 12.0. The lowest BCUT2D eigenvalue weighted by Crippen LogP contribution is -1.98. The molecule has 0 spiro atoms. The van der Waals surface area contributed by atoms with Crippen LogP contribution in [0.25, 0.3) is 0 Å². The van der Waals surface area contributed by atoms with Crippen LogP contribution in [0.4, 0.5) is 0 Å². The van der Waals surface area contributed by atoms with Crippen LogP contribution in [0.1, 0.15) is 32.1 Å². The van der Waals surface area contributed by atoms with Gasteiger partial charge in [0.1, 0.15) is 0 Å². The molecule has 1 atom stereocenters. The van der Waals surface area contributed by atoms with Gasteiger partial charge < -0.3 is 5.11 Å². The van der Waals surface area contributed by atoms with E-state index in [1.807, 2.05) is 6.08 Å². The number of aliphatic hydroxyl groups excluding tert-OH is 1. The molecule has 0 aromatic carbocycles. The number of allylic oxidation sites excluding steroid dienone is 1. The molecule has 0 aliphatic rings. The van der Waals surface area contributed by atoms with Gasteiger partial charge in [-0.3, -0.25) is 0 Å². The van der Waals surface area contributed by atoms with Crippen molar-refractivity contribution in [3.05, 3.63) is 12.7 Å². The number of unbranched alkanes of at least 4 members (excludes halogenated alkanes) is 1. The van der Waals surface area contributed by atoms with Crippen LogP contribution >= 0.6 is 0 Å². The van der Waals surface area contributed by atoms with Crippen LogP contribution < -0.4 is 0 Å². The molecule has 0 heterocycles. The zero-order valence-corrected chi connectivity index (χ0v) is 7.63. The first-order valence-corrected chi connectivity index (χ1v) is 4.50. The Labute approximate surface area is 75.5 Å². The first-order chi connectivity index (χ1) is 5.85. The smallest absolute Gasteiger partial charge is 0.0431 e. The topological polar surface area (TPSA) is 20.2 Å². The minimum atomic E-state index is 0.289. The van der Waals surface area contributed by atoms with E-state index in [2.05, 4.69) is 12.5 Å². The van der Waals surface area contributed by atoms with Gasteiger partial charge in [0, 0.05) is 13.0 Å². The molecule has 0 rings (SSSR count). The van der Waals surface area contributed by atoms with Gasteiger partial charge in [-0.05, 0) is 25.2 Å². The average molecular weight is 166 g/mol. The second-order valence-electron chi connectivity index (χ2n) is 3.02. The molecule has 0 aromatic rings. The number of hydrogen-bond donors (Lipinski definition) is 1. The van der Waals surface area contributed by atoms with Crippen molar-refractivity contribution in [2.24, 2.45) is 5.92 Å². The third-order valence-corrected chi connectivity index (χ3v) is 1.93. The Morgan fingerprint density at radius 3 is 2.75 bits per heavy atom. The molecule has 0 saturated heterocycles. The summed E-state index contributed by atoms with van der Waals surface area (Å²) in [6, 6.07) is 0. The largest absolute Gasteiger partial charge is 0.396 e. The summed E-state index contributed by atoms with van der Waals surface area (Å²) in [5.41, 5.74) is 0. The summed E-state index contributed by atoms with van der Waals surface area (Å²) in [6.45, 7) is 3.98. The maximum atomic E-state index is 8.58. The number of terminal acetylenes is 1. The summed E-state index contributed by atoms with van der Waals surface area (Å²) in [4.78, 5) is 0. The third-order valence-electron chi connectivity index (χ3n) is 1.93. The fraction of sp³-hybridized carbons (Fsp3) is 0.636. The van der Waals surface area contributed by atoms with E-state index in [4.69, 9.17) is 11.5 Å². The van der Waals surface area contributed by atoms with E-state index >= 15 is 0 Å². The zero-order valence-electron chi connectivity index (χ0n) is 7.63. The molecular formula is C11H18O. The van der Waals surface area contributed by atoms with Crippen molar-refractivity contribution in [3.63, 3.8) is 0 Å². The first-order valence-electron chi connectivity index (χ1n) is 4.50. The Morgan fingerprint density at radius 1 is 1.50 bits per heavy atom. The summed E-state index contributed by atoms with van der Waals surface area (Å²) in [7, 11) is 0. The van der Waals surface area contributed by atoms with Crippen molar-refractivity contribution in [1.29, 1.82) is 0 Å². The fourth-order valence-electron chi connectivity index (χ4n) is 1.25. The van der Waals surface area contributed by atoms with E-state index < -0.39 is 0 Å². The molecule has 0 aromatic heterocycles. The highest BCUT2D eigenvalue weighted by molar-refractivity contribution is 4.88. The summed E-state index contributed by atoms with van der Waals surface area (Å²) in [6.07, 6.45) is 12.0. The Bertz CT molecular complexity index is 144. The molecule has 1 N–H and O–H groups in total. The second-order valence-corrected chi connectivity index (χ2v) is 3.02. The van der Waals surface area contributed by atoms with E-state index in [-0.39, 0.29) is 6.61 Å². The monoisotopic (exact) mass is 166 g/mol. The van der Waals surface area contributed by atoms with Gasteiger partial charge in [0.05, 0.1) is 0 Å². The van der Waals surface area contributed by atoms with Crippen molar-refractivity contribution in [2.75, 3.05) is 6.61 Å². The summed E-state index contributed by atoms with van der Waals surface area (Å²) in [5, 5.41) is 8.58. The first kappa shape index (κ1) is 11.3. The van der Waals surface area contributed by atoms with Crippen molar-refractivity contribution in [3.8, 4) is 12.3 Å². The molecule has 0 fully saturated rings. The quantitative estimate of drug-likeness (QED) is 0.350. The standard InChI is InChI=1S/C11H18O/c1-3-7-11(8-4-2)9-5-6-10-12/h1,4,11-12H,2,5-10H2. The maximum absolute atomic E-state index is 8.58. The van der Waals surface area contributed by atoms with E-state index in [9.17, 15) is 0 Å². The van der Waals surface area contributed by atoms with Gasteiger partial charge >= 0.3 is 0 Å². The van der Waals surface area contributed by atoms with Crippen LogP contribution in [0, 0.1) is 18.3 Å². The Balaban J connectivity index is 3.49. The van der Waals surface area contributed by atoms with Gasteiger partial charge in [0.2, 0.25) is 0 Å². The molecule has 0 saturated carbocycles. The van der Waals surface area contributed by atoms with E-state index in [1.54, 1.807) is 0 Å². The van der Waals surface area contributed by atoms with Crippen molar-refractivity contribution in [2.45, 2.75) is 32.1 Å². The lowest BCUT2D eigenvalue weighted by molar-refractivity contribution is 0.278. The van der Waals surface area contributed by atoms with Gasteiger partial charge in [-0.25, -0.2) is 0 Å². The molecule has 0 radical (unpaired) electrons. The highest BCUT2D eigenvalue weighted by Crippen LogP contribution is 2.16. The van der Waals surface area contributed by atoms with Gasteiger partial charge in [-0.1, -0.05) is 12.5 Å². The molecule has 68 valence electrons. The molecule has 0 amide bonds. The minimum Gasteiger partial charge on any atom is -0.396 e. The van der Waals surface area contributed by atoms with Crippen molar-refractivity contribution < 1.29 is 5.11 Å². The fourth-order valence-corrected chi connectivity index (χ4v) is 1.25. The Kier molecular flexibility index (Phi) is 7.84. The van der Waals surface area contributed by atoms with Gasteiger partial charge in [-0.2, -0.15) is 0 Å². The van der Waals surface area contributed by atoms with Gasteiger partial charge in [-0.15, -0.1) is 18.9 Å². The minimum absolute atomic E-state index is 0.289. The van der Waals surface area contributed by atoms with Gasteiger partial charge in [0.15, 0.2) is 0 Å². The van der Waals surface area contributed by atoms with Crippen LogP contribution in [0.15, 0.2) is 12.7 Å². The molecule has 1 unspecified atom stereocenters. The molecular weight excluding hydrogens is 148 g/mol. The van der Waals surface area contributed by atoms with E-state index in [0.717, 1.165) is 32.1 Å². The average Bonchev–Trinajstić information content (AvgIpc) is 2.06. The van der Waals surface area contributed by atoms with Gasteiger partial charge in [0.25, 0.3) is 0 Å². The molecule has 12 heavy (non-hydrogen) atoms. The van der Waals surface area contributed by atoms with Crippen LogP contribution in [0.5, 0.6) is 0 Å².